The minimum absolute atomic E-state index is 1.24. The molecule has 0 aliphatic carbocycles. The Morgan fingerprint density at radius 3 is 2.33 bits per heavy atom. The summed E-state index contributed by atoms with van der Waals surface area (Å²) in [4.78, 5) is 5.04. The van der Waals surface area contributed by atoms with Crippen LogP contribution in [0.25, 0.3) is 0 Å². The summed E-state index contributed by atoms with van der Waals surface area (Å²) in [5.74, 6) is 0. The molecule has 0 amide bonds. The fraction of sp³-hybridized carbons (Fsp3) is 0.625. The van der Waals surface area contributed by atoms with Crippen LogP contribution in [0.3, 0.4) is 0 Å². The minimum Gasteiger partial charge on any atom is -0.304 e. The first kappa shape index (κ1) is 13.6. The van der Waals surface area contributed by atoms with Crippen LogP contribution in [0.5, 0.6) is 0 Å². The minimum atomic E-state index is 1.24. The monoisotopic (exact) mass is 246 g/mol. The maximum absolute atomic E-state index is 2.61. The van der Waals surface area contributed by atoms with E-state index in [-0.39, 0.29) is 0 Å². The Morgan fingerprint density at radius 2 is 1.61 bits per heavy atom. The molecule has 0 bridgehead atoms. The van der Waals surface area contributed by atoms with Crippen LogP contribution in [0.2, 0.25) is 0 Å². The average Bonchev–Trinajstić information content (AvgIpc) is 2.42. The van der Waals surface area contributed by atoms with E-state index in [1.54, 1.807) is 0 Å². The van der Waals surface area contributed by atoms with Crippen LogP contribution in [0.1, 0.15) is 24.8 Å². The van der Waals surface area contributed by atoms with Crippen molar-refractivity contribution >= 4 is 0 Å². The van der Waals surface area contributed by atoms with Crippen molar-refractivity contribution in [1.82, 2.24) is 9.80 Å². The van der Waals surface area contributed by atoms with Gasteiger partial charge in [-0.3, -0.25) is 0 Å². The lowest BCUT2D eigenvalue weighted by Gasteiger charge is -2.32. The number of rotatable bonds is 6. The van der Waals surface area contributed by atoms with Gasteiger partial charge in [0.25, 0.3) is 0 Å². The Balaban J connectivity index is 1.51. The van der Waals surface area contributed by atoms with Crippen molar-refractivity contribution < 1.29 is 0 Å². The first-order valence-electron chi connectivity index (χ1n) is 7.29. The highest BCUT2D eigenvalue weighted by molar-refractivity contribution is 5.14. The summed E-state index contributed by atoms with van der Waals surface area (Å²) >= 11 is 0. The molecule has 1 aliphatic rings. The number of benzene rings is 1. The van der Waals surface area contributed by atoms with Crippen LogP contribution < -0.4 is 0 Å². The maximum atomic E-state index is 2.61. The lowest BCUT2D eigenvalue weighted by atomic mass is 10.1. The van der Waals surface area contributed by atoms with Crippen LogP contribution in [0.4, 0.5) is 0 Å². The molecular weight excluding hydrogens is 220 g/mol. The van der Waals surface area contributed by atoms with Crippen molar-refractivity contribution in [2.24, 2.45) is 0 Å². The molecule has 1 aliphatic heterocycles. The molecule has 0 saturated carbocycles. The second-order valence-corrected chi connectivity index (χ2v) is 5.44. The van der Waals surface area contributed by atoms with Gasteiger partial charge in [0.2, 0.25) is 0 Å². The van der Waals surface area contributed by atoms with Crippen molar-refractivity contribution in [1.29, 1.82) is 0 Å². The van der Waals surface area contributed by atoms with Gasteiger partial charge in [0, 0.05) is 26.2 Å². The molecule has 2 rings (SSSR count). The molecule has 1 aromatic carbocycles. The number of aryl methyl sites for hydroxylation is 1. The third-order valence-electron chi connectivity index (χ3n) is 3.88. The summed E-state index contributed by atoms with van der Waals surface area (Å²) in [6.45, 7) is 6.29. The van der Waals surface area contributed by atoms with Gasteiger partial charge in [-0.15, -0.1) is 0 Å². The molecule has 18 heavy (non-hydrogen) atoms. The number of hydrogen-bond acceptors (Lipinski definition) is 2. The highest BCUT2D eigenvalue weighted by Gasteiger charge is 2.12. The molecular formula is C16H26N2. The SMILES string of the molecule is CN1CCN(CCCCCc2ccccc2)CC1. The van der Waals surface area contributed by atoms with Crippen LogP contribution in [-0.4, -0.2) is 49.6 Å². The van der Waals surface area contributed by atoms with Crippen molar-refractivity contribution in [3.63, 3.8) is 0 Å². The Hall–Kier alpha value is -0.860. The van der Waals surface area contributed by atoms with Crippen molar-refractivity contribution in [3.8, 4) is 0 Å². The van der Waals surface area contributed by atoms with E-state index in [2.05, 4.69) is 47.2 Å². The lowest BCUT2D eigenvalue weighted by Crippen LogP contribution is -2.44. The van der Waals surface area contributed by atoms with Gasteiger partial charge < -0.3 is 9.80 Å². The first-order chi connectivity index (χ1) is 8.84. The fourth-order valence-corrected chi connectivity index (χ4v) is 2.56. The van der Waals surface area contributed by atoms with Crippen molar-refractivity contribution in [2.45, 2.75) is 25.7 Å². The molecule has 1 saturated heterocycles. The standard InChI is InChI=1S/C16H26N2/c1-17-12-14-18(15-13-17)11-7-3-6-10-16-8-4-2-5-9-16/h2,4-5,8-9H,3,6-7,10-15H2,1H3. The Morgan fingerprint density at radius 1 is 0.889 bits per heavy atom. The molecule has 0 aromatic heterocycles. The van der Waals surface area contributed by atoms with E-state index in [9.17, 15) is 0 Å². The molecule has 1 heterocycles. The Kier molecular flexibility index (Phi) is 5.69. The summed E-state index contributed by atoms with van der Waals surface area (Å²) in [5.41, 5.74) is 1.48. The molecule has 0 N–H and O–H groups in total. The second-order valence-electron chi connectivity index (χ2n) is 5.44. The molecule has 0 spiro atoms. The number of piperazine rings is 1. The maximum Gasteiger partial charge on any atom is 0.0110 e. The van der Waals surface area contributed by atoms with E-state index in [1.807, 2.05) is 0 Å². The van der Waals surface area contributed by atoms with Crippen LogP contribution in [-0.2, 0) is 6.42 Å². The van der Waals surface area contributed by atoms with E-state index >= 15 is 0 Å². The van der Waals surface area contributed by atoms with E-state index in [0.29, 0.717) is 0 Å². The van der Waals surface area contributed by atoms with Crippen molar-refractivity contribution in [2.75, 3.05) is 39.8 Å². The summed E-state index contributed by atoms with van der Waals surface area (Å²) in [6, 6.07) is 10.8. The molecule has 100 valence electrons. The third kappa shape index (κ3) is 4.79. The molecule has 0 unspecified atom stereocenters. The quantitative estimate of drug-likeness (QED) is 0.712. The largest absolute Gasteiger partial charge is 0.304 e. The second kappa shape index (κ2) is 7.55. The number of likely N-dealkylation sites (N-methyl/N-ethyl adjacent to an activating group) is 1. The zero-order valence-electron chi connectivity index (χ0n) is 11.6. The van der Waals surface area contributed by atoms with Gasteiger partial charge in [-0.25, -0.2) is 0 Å². The van der Waals surface area contributed by atoms with Crippen LogP contribution in [0.15, 0.2) is 30.3 Å². The van der Waals surface area contributed by atoms with Crippen LogP contribution >= 0.6 is 0 Å². The van der Waals surface area contributed by atoms with Gasteiger partial charge in [-0.1, -0.05) is 36.8 Å². The molecule has 0 radical (unpaired) electrons. The number of unbranched alkanes of at least 4 members (excludes halogenated alkanes) is 2. The summed E-state index contributed by atoms with van der Waals surface area (Å²) in [6.07, 6.45) is 5.29. The summed E-state index contributed by atoms with van der Waals surface area (Å²) < 4.78 is 0. The molecule has 2 heteroatoms. The highest BCUT2D eigenvalue weighted by atomic mass is 15.2. The molecule has 1 fully saturated rings. The fourth-order valence-electron chi connectivity index (χ4n) is 2.56. The predicted octanol–water partition coefficient (Wildman–Crippen LogP) is 2.65. The molecule has 1 aromatic rings. The molecule has 2 nitrogen and oxygen atoms in total. The Bertz CT molecular complexity index is 315. The van der Waals surface area contributed by atoms with E-state index in [1.165, 1.54) is 64.0 Å². The highest BCUT2D eigenvalue weighted by Crippen LogP contribution is 2.07. The van der Waals surface area contributed by atoms with Gasteiger partial charge in [0.15, 0.2) is 0 Å². The summed E-state index contributed by atoms with van der Waals surface area (Å²) in [7, 11) is 2.22. The van der Waals surface area contributed by atoms with Crippen molar-refractivity contribution in [3.05, 3.63) is 35.9 Å². The van der Waals surface area contributed by atoms with E-state index in [0.717, 1.165) is 0 Å². The van der Waals surface area contributed by atoms with E-state index < -0.39 is 0 Å². The number of hydrogen-bond donors (Lipinski definition) is 0. The van der Waals surface area contributed by atoms with E-state index in [4.69, 9.17) is 0 Å². The van der Waals surface area contributed by atoms with Gasteiger partial charge >= 0.3 is 0 Å². The van der Waals surface area contributed by atoms with Gasteiger partial charge in [-0.05, 0) is 38.4 Å². The molecule has 0 atom stereocenters. The third-order valence-corrected chi connectivity index (χ3v) is 3.88. The summed E-state index contributed by atoms with van der Waals surface area (Å²) in [5, 5.41) is 0. The van der Waals surface area contributed by atoms with Gasteiger partial charge in [0.1, 0.15) is 0 Å². The number of nitrogens with zero attached hydrogens (tertiary/aromatic N) is 2. The van der Waals surface area contributed by atoms with Gasteiger partial charge in [0.05, 0.1) is 0 Å². The van der Waals surface area contributed by atoms with Crippen LogP contribution in [0, 0.1) is 0 Å². The zero-order chi connectivity index (χ0) is 12.6. The normalized spacial score (nSPS) is 18.1. The van der Waals surface area contributed by atoms with Gasteiger partial charge in [-0.2, -0.15) is 0 Å². The zero-order valence-corrected chi connectivity index (χ0v) is 11.6. The lowest BCUT2D eigenvalue weighted by molar-refractivity contribution is 0.152. The smallest absolute Gasteiger partial charge is 0.0110 e. The predicted molar refractivity (Wildman–Crippen MR) is 77.9 cm³/mol. The average molecular weight is 246 g/mol. The topological polar surface area (TPSA) is 6.48 Å². The first-order valence-corrected chi connectivity index (χ1v) is 7.29. The Labute approximate surface area is 112 Å².